The molecule has 1 aromatic heterocycles. The van der Waals surface area contributed by atoms with Crippen LogP contribution in [0.5, 0.6) is 5.88 Å². The lowest BCUT2D eigenvalue weighted by atomic mass is 9.98. The lowest BCUT2D eigenvalue weighted by Crippen LogP contribution is -2.49. The van der Waals surface area contributed by atoms with Crippen LogP contribution in [0, 0.1) is 0 Å². The van der Waals surface area contributed by atoms with Crippen LogP contribution in [0.4, 0.5) is 0 Å². The lowest BCUT2D eigenvalue weighted by molar-refractivity contribution is -0.136. The third-order valence-electron chi connectivity index (χ3n) is 5.17. The van der Waals surface area contributed by atoms with Gasteiger partial charge in [0.2, 0.25) is 11.8 Å². The van der Waals surface area contributed by atoms with Gasteiger partial charge in [0.1, 0.15) is 6.10 Å². The molecule has 0 saturated carbocycles. The van der Waals surface area contributed by atoms with E-state index in [0.717, 1.165) is 35.7 Å². The Hall–Kier alpha value is -1.88. The van der Waals surface area contributed by atoms with Crippen molar-refractivity contribution < 1.29 is 9.53 Å². The predicted molar refractivity (Wildman–Crippen MR) is 99.4 cm³/mol. The topological polar surface area (TPSA) is 42.4 Å². The maximum Gasteiger partial charge on any atom is 0.227 e. The molecule has 0 unspecified atom stereocenters. The SMILES string of the molecule is O=C(Cc1ccc(Br)cc1)N1[C@H]2CC[C@H]1CC(Oc1ccccn1)C2. The molecular formula is C20H21BrN2O2. The zero-order valence-corrected chi connectivity index (χ0v) is 15.6. The van der Waals surface area contributed by atoms with Crippen LogP contribution in [-0.4, -0.2) is 34.0 Å². The molecular weight excluding hydrogens is 380 g/mol. The van der Waals surface area contributed by atoms with Crippen molar-refractivity contribution in [1.82, 2.24) is 9.88 Å². The number of halogens is 1. The molecule has 130 valence electrons. The summed E-state index contributed by atoms with van der Waals surface area (Å²) in [5.41, 5.74) is 1.07. The van der Waals surface area contributed by atoms with Gasteiger partial charge in [0.15, 0.2) is 0 Å². The number of pyridine rings is 1. The minimum absolute atomic E-state index is 0.157. The first-order chi connectivity index (χ1) is 12.2. The number of carbonyl (C=O) groups is 1. The van der Waals surface area contributed by atoms with Gasteiger partial charge in [-0.25, -0.2) is 4.98 Å². The van der Waals surface area contributed by atoms with E-state index in [1.165, 1.54) is 0 Å². The monoisotopic (exact) mass is 400 g/mol. The van der Waals surface area contributed by atoms with Gasteiger partial charge < -0.3 is 9.64 Å². The molecule has 0 aliphatic carbocycles. The summed E-state index contributed by atoms with van der Waals surface area (Å²) in [7, 11) is 0. The molecule has 25 heavy (non-hydrogen) atoms. The van der Waals surface area contributed by atoms with Crippen molar-refractivity contribution in [2.75, 3.05) is 0 Å². The Labute approximate surface area is 156 Å². The van der Waals surface area contributed by atoms with Gasteiger partial charge in [-0.15, -0.1) is 0 Å². The fourth-order valence-corrected chi connectivity index (χ4v) is 4.35. The molecule has 4 nitrogen and oxygen atoms in total. The maximum absolute atomic E-state index is 12.8. The Balaban J connectivity index is 1.40. The van der Waals surface area contributed by atoms with E-state index in [1.807, 2.05) is 42.5 Å². The van der Waals surface area contributed by atoms with Crippen LogP contribution in [0.3, 0.4) is 0 Å². The molecule has 0 radical (unpaired) electrons. The molecule has 2 aliphatic heterocycles. The molecule has 2 fully saturated rings. The first-order valence-electron chi connectivity index (χ1n) is 8.82. The number of ether oxygens (including phenoxy) is 1. The Morgan fingerprint density at radius 1 is 1.12 bits per heavy atom. The van der Waals surface area contributed by atoms with Crippen molar-refractivity contribution in [2.24, 2.45) is 0 Å². The quantitative estimate of drug-likeness (QED) is 0.778. The number of amides is 1. The van der Waals surface area contributed by atoms with E-state index in [2.05, 4.69) is 25.8 Å². The highest BCUT2D eigenvalue weighted by atomic mass is 79.9. The van der Waals surface area contributed by atoms with Gasteiger partial charge in [-0.2, -0.15) is 0 Å². The standard InChI is InChI=1S/C20H21BrN2O2/c21-15-6-4-14(5-7-15)11-20(24)23-16-8-9-17(23)13-18(12-16)25-19-3-1-2-10-22-19/h1-7,10,16-18H,8-9,11-13H2/t16-,17-/m0/s1. The number of benzene rings is 1. The normalized spacial score (nSPS) is 25.0. The number of rotatable bonds is 4. The Morgan fingerprint density at radius 3 is 2.48 bits per heavy atom. The molecule has 2 aliphatic rings. The second-order valence-corrected chi connectivity index (χ2v) is 7.78. The highest BCUT2D eigenvalue weighted by Crippen LogP contribution is 2.37. The average Bonchev–Trinajstić information content (AvgIpc) is 2.89. The first-order valence-corrected chi connectivity index (χ1v) is 9.61. The van der Waals surface area contributed by atoms with Crippen molar-refractivity contribution in [2.45, 2.75) is 50.3 Å². The summed E-state index contributed by atoms with van der Waals surface area (Å²) in [6.07, 6.45) is 6.35. The van der Waals surface area contributed by atoms with Gasteiger partial charge in [0.05, 0.1) is 6.42 Å². The Kier molecular flexibility index (Phi) is 4.75. The van der Waals surface area contributed by atoms with Gasteiger partial charge in [0.25, 0.3) is 0 Å². The Morgan fingerprint density at radius 2 is 1.84 bits per heavy atom. The van der Waals surface area contributed by atoms with E-state index in [0.29, 0.717) is 24.4 Å². The van der Waals surface area contributed by atoms with Crippen molar-refractivity contribution >= 4 is 21.8 Å². The lowest BCUT2D eigenvalue weighted by Gasteiger charge is -2.38. The third kappa shape index (κ3) is 3.71. The molecule has 5 heteroatoms. The predicted octanol–water partition coefficient (Wildman–Crippen LogP) is 3.99. The summed E-state index contributed by atoms with van der Waals surface area (Å²) in [5.74, 6) is 0.924. The number of hydrogen-bond acceptors (Lipinski definition) is 3. The molecule has 2 bridgehead atoms. The van der Waals surface area contributed by atoms with Crippen LogP contribution in [0.2, 0.25) is 0 Å². The number of aromatic nitrogens is 1. The van der Waals surface area contributed by atoms with Crippen LogP contribution in [0.25, 0.3) is 0 Å². The highest BCUT2D eigenvalue weighted by Gasteiger charge is 2.43. The fourth-order valence-electron chi connectivity index (χ4n) is 4.09. The molecule has 2 aromatic rings. The van der Waals surface area contributed by atoms with Gasteiger partial charge in [-0.05, 0) is 36.6 Å². The number of hydrogen-bond donors (Lipinski definition) is 0. The van der Waals surface area contributed by atoms with Crippen molar-refractivity contribution in [3.63, 3.8) is 0 Å². The second kappa shape index (κ2) is 7.16. The summed E-state index contributed by atoms with van der Waals surface area (Å²) in [6.45, 7) is 0. The summed E-state index contributed by atoms with van der Waals surface area (Å²) < 4.78 is 7.08. The largest absolute Gasteiger partial charge is 0.474 e. The average molecular weight is 401 g/mol. The third-order valence-corrected chi connectivity index (χ3v) is 5.70. The minimum atomic E-state index is 0.157. The van der Waals surface area contributed by atoms with Crippen LogP contribution in [0.15, 0.2) is 53.1 Å². The zero-order chi connectivity index (χ0) is 17.2. The summed E-state index contributed by atoms with van der Waals surface area (Å²) in [4.78, 5) is 19.2. The van der Waals surface area contributed by atoms with Crippen molar-refractivity contribution in [3.8, 4) is 5.88 Å². The number of piperidine rings is 1. The number of fused-ring (bicyclic) bond motifs is 2. The maximum atomic E-state index is 12.8. The van der Waals surface area contributed by atoms with E-state index in [1.54, 1.807) is 6.20 Å². The smallest absolute Gasteiger partial charge is 0.227 e. The molecule has 2 saturated heterocycles. The van der Waals surface area contributed by atoms with E-state index in [-0.39, 0.29) is 12.0 Å². The van der Waals surface area contributed by atoms with E-state index in [9.17, 15) is 4.79 Å². The van der Waals surface area contributed by atoms with Crippen LogP contribution in [0.1, 0.15) is 31.2 Å². The van der Waals surface area contributed by atoms with Crippen LogP contribution >= 0.6 is 15.9 Å². The molecule has 3 heterocycles. The van der Waals surface area contributed by atoms with E-state index in [4.69, 9.17) is 4.74 Å². The van der Waals surface area contributed by atoms with E-state index < -0.39 is 0 Å². The van der Waals surface area contributed by atoms with Gasteiger partial charge in [0, 0.05) is 41.7 Å². The molecule has 4 rings (SSSR count). The molecule has 1 aromatic carbocycles. The van der Waals surface area contributed by atoms with E-state index >= 15 is 0 Å². The van der Waals surface area contributed by atoms with Crippen molar-refractivity contribution in [1.29, 1.82) is 0 Å². The Bertz CT molecular complexity index is 721. The molecule has 1 amide bonds. The van der Waals surface area contributed by atoms with Gasteiger partial charge in [-0.1, -0.05) is 34.1 Å². The van der Waals surface area contributed by atoms with Crippen molar-refractivity contribution in [3.05, 3.63) is 58.7 Å². The summed E-state index contributed by atoms with van der Waals surface area (Å²) in [6, 6.07) is 14.3. The summed E-state index contributed by atoms with van der Waals surface area (Å²) in [5, 5.41) is 0. The zero-order valence-electron chi connectivity index (χ0n) is 14.0. The number of nitrogens with zero attached hydrogens (tertiary/aromatic N) is 2. The molecule has 0 spiro atoms. The van der Waals surface area contributed by atoms with Crippen LogP contribution in [-0.2, 0) is 11.2 Å². The fraction of sp³-hybridized carbons (Fsp3) is 0.400. The highest BCUT2D eigenvalue weighted by molar-refractivity contribution is 9.10. The van der Waals surface area contributed by atoms with Crippen LogP contribution < -0.4 is 4.74 Å². The van der Waals surface area contributed by atoms with Gasteiger partial charge >= 0.3 is 0 Å². The minimum Gasteiger partial charge on any atom is -0.474 e. The second-order valence-electron chi connectivity index (χ2n) is 6.87. The van der Waals surface area contributed by atoms with Gasteiger partial charge in [-0.3, -0.25) is 4.79 Å². The first kappa shape index (κ1) is 16.6. The summed E-state index contributed by atoms with van der Waals surface area (Å²) >= 11 is 3.44. The molecule has 2 atom stereocenters. The number of carbonyl (C=O) groups excluding carboxylic acids is 1. The molecule has 0 N–H and O–H groups in total.